The second kappa shape index (κ2) is 10.4. The summed E-state index contributed by atoms with van der Waals surface area (Å²) in [7, 11) is -3.86. The van der Waals surface area contributed by atoms with Gasteiger partial charge < -0.3 is 10.6 Å². The summed E-state index contributed by atoms with van der Waals surface area (Å²) >= 11 is 5.74. The SMILES string of the molecule is CCCCNC(=O)c1ccccc1NC(=O)CN(c1ccc(F)c(Cl)c1)S(C)(=O)=O. The number of hydrogen-bond acceptors (Lipinski definition) is 4. The number of para-hydroxylation sites is 1. The van der Waals surface area contributed by atoms with Crippen LogP contribution in [0.25, 0.3) is 0 Å². The van der Waals surface area contributed by atoms with Crippen LogP contribution in [0.3, 0.4) is 0 Å². The zero-order chi connectivity index (χ0) is 22.3. The molecule has 0 fully saturated rings. The monoisotopic (exact) mass is 455 g/mol. The molecule has 30 heavy (non-hydrogen) atoms. The quantitative estimate of drug-likeness (QED) is 0.566. The number of rotatable bonds is 9. The normalized spacial score (nSPS) is 11.1. The smallest absolute Gasteiger partial charge is 0.253 e. The number of nitrogens with one attached hydrogen (secondary N) is 2. The number of benzene rings is 2. The van der Waals surface area contributed by atoms with Gasteiger partial charge in [0.25, 0.3) is 5.91 Å². The lowest BCUT2D eigenvalue weighted by atomic mass is 10.1. The lowest BCUT2D eigenvalue weighted by molar-refractivity contribution is -0.114. The summed E-state index contributed by atoms with van der Waals surface area (Å²) in [6, 6.07) is 9.77. The molecule has 7 nitrogen and oxygen atoms in total. The molecule has 2 amide bonds. The number of nitrogens with zero attached hydrogens (tertiary/aromatic N) is 1. The van der Waals surface area contributed by atoms with Crippen molar-refractivity contribution in [3.63, 3.8) is 0 Å². The molecule has 0 radical (unpaired) electrons. The first-order chi connectivity index (χ1) is 14.1. The van der Waals surface area contributed by atoms with E-state index in [1.54, 1.807) is 24.3 Å². The number of sulfonamides is 1. The van der Waals surface area contributed by atoms with Gasteiger partial charge in [-0.3, -0.25) is 13.9 Å². The van der Waals surface area contributed by atoms with Crippen molar-refractivity contribution in [2.75, 3.05) is 29.0 Å². The fourth-order valence-electron chi connectivity index (χ4n) is 2.62. The molecule has 0 spiro atoms. The van der Waals surface area contributed by atoms with Crippen LogP contribution in [0.15, 0.2) is 42.5 Å². The van der Waals surface area contributed by atoms with Crippen LogP contribution in [0, 0.1) is 5.82 Å². The maximum absolute atomic E-state index is 13.4. The van der Waals surface area contributed by atoms with Crippen molar-refractivity contribution < 1.29 is 22.4 Å². The van der Waals surface area contributed by atoms with Gasteiger partial charge in [-0.15, -0.1) is 0 Å². The van der Waals surface area contributed by atoms with Crippen molar-refractivity contribution in [1.82, 2.24) is 5.32 Å². The highest BCUT2D eigenvalue weighted by Gasteiger charge is 2.23. The van der Waals surface area contributed by atoms with Crippen LogP contribution in [0.5, 0.6) is 0 Å². The zero-order valence-electron chi connectivity index (χ0n) is 16.6. The van der Waals surface area contributed by atoms with Gasteiger partial charge in [0.1, 0.15) is 12.4 Å². The standard InChI is InChI=1S/C20H23ClFN3O4S/c1-3-4-11-23-20(27)15-7-5-6-8-18(15)24-19(26)13-25(30(2,28)29)14-9-10-17(22)16(21)12-14/h5-10,12H,3-4,11,13H2,1-2H3,(H,23,27)(H,24,26). The van der Waals surface area contributed by atoms with Gasteiger partial charge in [0.2, 0.25) is 15.9 Å². The Bertz CT molecular complexity index is 1030. The molecule has 0 aliphatic heterocycles. The Morgan fingerprint density at radius 3 is 2.50 bits per heavy atom. The van der Waals surface area contributed by atoms with E-state index in [9.17, 15) is 22.4 Å². The predicted octanol–water partition coefficient (Wildman–Crippen LogP) is 3.41. The second-order valence-electron chi connectivity index (χ2n) is 6.57. The molecule has 162 valence electrons. The van der Waals surface area contributed by atoms with Crippen molar-refractivity contribution in [3.8, 4) is 0 Å². The van der Waals surface area contributed by atoms with Crippen LogP contribution < -0.4 is 14.9 Å². The molecule has 2 N–H and O–H groups in total. The van der Waals surface area contributed by atoms with Crippen LogP contribution in [0.4, 0.5) is 15.8 Å². The summed E-state index contributed by atoms with van der Waals surface area (Å²) in [6.07, 6.45) is 2.67. The average molecular weight is 456 g/mol. The van der Waals surface area contributed by atoms with Gasteiger partial charge in [-0.1, -0.05) is 37.1 Å². The highest BCUT2D eigenvalue weighted by atomic mass is 35.5. The third kappa shape index (κ3) is 6.43. The molecule has 0 saturated carbocycles. The van der Waals surface area contributed by atoms with Crippen LogP contribution in [0.1, 0.15) is 30.1 Å². The molecule has 2 aromatic rings. The van der Waals surface area contributed by atoms with Gasteiger partial charge in [0.15, 0.2) is 0 Å². The summed E-state index contributed by atoms with van der Waals surface area (Å²) < 4.78 is 38.6. The van der Waals surface area contributed by atoms with Crippen LogP contribution in [-0.2, 0) is 14.8 Å². The number of anilines is 2. The molecule has 0 aliphatic rings. The van der Waals surface area contributed by atoms with Crippen LogP contribution in [-0.4, -0.2) is 39.6 Å². The first-order valence-electron chi connectivity index (χ1n) is 9.23. The van der Waals surface area contributed by atoms with Gasteiger partial charge in [-0.2, -0.15) is 0 Å². The molecule has 0 bridgehead atoms. The molecule has 10 heteroatoms. The lowest BCUT2D eigenvalue weighted by Gasteiger charge is -2.22. The molecule has 0 unspecified atom stereocenters. The Hall–Kier alpha value is -2.65. The Morgan fingerprint density at radius 2 is 1.87 bits per heavy atom. The van der Waals surface area contributed by atoms with E-state index in [4.69, 9.17) is 11.6 Å². The summed E-state index contributed by atoms with van der Waals surface area (Å²) in [6.45, 7) is 1.93. The molecule has 2 aromatic carbocycles. The second-order valence-corrected chi connectivity index (χ2v) is 8.89. The van der Waals surface area contributed by atoms with E-state index in [0.717, 1.165) is 35.5 Å². The topological polar surface area (TPSA) is 95.6 Å². The minimum Gasteiger partial charge on any atom is -0.352 e. The number of amides is 2. The minimum atomic E-state index is -3.86. The predicted molar refractivity (Wildman–Crippen MR) is 116 cm³/mol. The Morgan fingerprint density at radius 1 is 1.17 bits per heavy atom. The largest absolute Gasteiger partial charge is 0.352 e. The van der Waals surface area contributed by atoms with Crippen LogP contribution in [0.2, 0.25) is 5.02 Å². The van der Waals surface area contributed by atoms with E-state index in [0.29, 0.717) is 6.54 Å². The van der Waals surface area contributed by atoms with Gasteiger partial charge in [0, 0.05) is 6.54 Å². The maximum atomic E-state index is 13.4. The fraction of sp³-hybridized carbons (Fsp3) is 0.300. The number of carbonyl (C=O) groups excluding carboxylic acids is 2. The van der Waals surface area contributed by atoms with E-state index >= 15 is 0 Å². The molecule has 0 saturated heterocycles. The number of unbranched alkanes of at least 4 members (excludes halogenated alkanes) is 1. The van der Waals surface area contributed by atoms with Crippen molar-refractivity contribution in [1.29, 1.82) is 0 Å². The summed E-state index contributed by atoms with van der Waals surface area (Å²) in [5.74, 6) is -1.72. The first kappa shape index (κ1) is 23.6. The highest BCUT2D eigenvalue weighted by Crippen LogP contribution is 2.24. The molecule has 0 aliphatic carbocycles. The molecular formula is C20H23ClFN3O4S. The van der Waals surface area contributed by atoms with E-state index < -0.39 is 28.3 Å². The number of hydrogen-bond donors (Lipinski definition) is 2. The number of carbonyl (C=O) groups is 2. The van der Waals surface area contributed by atoms with Gasteiger partial charge in [-0.25, -0.2) is 12.8 Å². The molecule has 0 atom stereocenters. The van der Waals surface area contributed by atoms with Gasteiger partial charge in [0.05, 0.1) is 28.2 Å². The van der Waals surface area contributed by atoms with Crippen molar-refractivity contribution in [2.24, 2.45) is 0 Å². The molecule has 0 aromatic heterocycles. The Labute approximate surface area is 180 Å². The third-order valence-corrected chi connectivity index (χ3v) is 5.57. The van der Waals surface area contributed by atoms with Crippen molar-refractivity contribution >= 4 is 44.8 Å². The maximum Gasteiger partial charge on any atom is 0.253 e. The third-order valence-electron chi connectivity index (χ3n) is 4.14. The summed E-state index contributed by atoms with van der Waals surface area (Å²) in [4.78, 5) is 24.9. The van der Waals surface area contributed by atoms with Crippen molar-refractivity contribution in [3.05, 3.63) is 58.9 Å². The van der Waals surface area contributed by atoms with Gasteiger partial charge >= 0.3 is 0 Å². The molecule has 0 heterocycles. The molecular weight excluding hydrogens is 433 g/mol. The van der Waals surface area contributed by atoms with E-state index in [1.807, 2.05) is 6.92 Å². The lowest BCUT2D eigenvalue weighted by Crippen LogP contribution is -2.37. The minimum absolute atomic E-state index is 0.0460. The average Bonchev–Trinajstić information content (AvgIpc) is 2.68. The molecule has 2 rings (SSSR count). The van der Waals surface area contributed by atoms with E-state index in [2.05, 4.69) is 10.6 Å². The van der Waals surface area contributed by atoms with E-state index in [1.165, 1.54) is 6.07 Å². The Balaban J connectivity index is 2.20. The van der Waals surface area contributed by atoms with Gasteiger partial charge in [-0.05, 0) is 36.8 Å². The van der Waals surface area contributed by atoms with Crippen LogP contribution >= 0.6 is 11.6 Å². The first-order valence-corrected chi connectivity index (χ1v) is 11.5. The van der Waals surface area contributed by atoms with E-state index in [-0.39, 0.29) is 27.9 Å². The Kier molecular flexibility index (Phi) is 8.19. The number of halogens is 2. The van der Waals surface area contributed by atoms with Crippen molar-refractivity contribution in [2.45, 2.75) is 19.8 Å². The zero-order valence-corrected chi connectivity index (χ0v) is 18.2. The highest BCUT2D eigenvalue weighted by molar-refractivity contribution is 7.92. The summed E-state index contributed by atoms with van der Waals surface area (Å²) in [5, 5.41) is 5.07. The fourth-order valence-corrected chi connectivity index (χ4v) is 3.65. The summed E-state index contributed by atoms with van der Waals surface area (Å²) in [5.41, 5.74) is 0.560.